The van der Waals surface area contributed by atoms with Gasteiger partial charge in [-0.1, -0.05) is 23.7 Å². The Kier molecular flexibility index (Phi) is 8.53. The van der Waals surface area contributed by atoms with E-state index in [0.717, 1.165) is 0 Å². The number of carbonyl (C=O) groups is 2. The van der Waals surface area contributed by atoms with E-state index >= 15 is 0 Å². The molecule has 0 spiro atoms. The molecule has 0 aliphatic rings. The van der Waals surface area contributed by atoms with Crippen LogP contribution in [0.4, 0.5) is 5.69 Å². The van der Waals surface area contributed by atoms with Crippen molar-refractivity contribution < 1.29 is 18.5 Å². The Hall–Kier alpha value is -4.07. The average Bonchev–Trinajstić information content (AvgIpc) is 2.84. The fourth-order valence-electron chi connectivity index (χ4n) is 3.27. The van der Waals surface area contributed by atoms with Crippen LogP contribution in [0.25, 0.3) is 0 Å². The summed E-state index contributed by atoms with van der Waals surface area (Å²) in [6.45, 7) is -0.133. The first kappa shape index (κ1) is 26.5. The Morgan fingerprint density at radius 3 is 2.67 bits per heavy atom. The number of pyridine rings is 1. The topological polar surface area (TPSA) is 138 Å². The van der Waals surface area contributed by atoms with Gasteiger partial charge in [-0.15, -0.1) is 0 Å². The van der Waals surface area contributed by atoms with Crippen molar-refractivity contribution in [2.45, 2.75) is 13.1 Å². The Labute approximate surface area is 214 Å². The van der Waals surface area contributed by atoms with Crippen molar-refractivity contribution in [1.29, 1.82) is 5.26 Å². The third-order valence-electron chi connectivity index (χ3n) is 4.94. The van der Waals surface area contributed by atoms with Gasteiger partial charge in [0.05, 0.1) is 29.6 Å². The molecule has 2 aromatic carbocycles. The van der Waals surface area contributed by atoms with Gasteiger partial charge in [-0.05, 0) is 48.3 Å². The second-order valence-corrected chi connectivity index (χ2v) is 10.7. The molecule has 1 unspecified atom stereocenters. The SMILES string of the molecule is C=S(C)(=O)N(Cc1ccccn1)c1cc(Cl)cc(C(=O)NCc2ccc(C#N)cc2OCC(N)=O)c1. The van der Waals surface area contributed by atoms with Crippen LogP contribution < -0.4 is 20.1 Å². The van der Waals surface area contributed by atoms with E-state index in [-0.39, 0.29) is 36.0 Å². The van der Waals surface area contributed by atoms with Gasteiger partial charge in [-0.3, -0.25) is 18.9 Å². The molecule has 0 fully saturated rings. The van der Waals surface area contributed by atoms with Crippen molar-refractivity contribution in [3.8, 4) is 11.8 Å². The molecule has 3 aromatic rings. The third kappa shape index (κ3) is 7.21. The van der Waals surface area contributed by atoms with Gasteiger partial charge in [0.15, 0.2) is 6.61 Å². The number of nitrogens with two attached hydrogens (primary N) is 1. The molecule has 11 heteroatoms. The van der Waals surface area contributed by atoms with Crippen molar-refractivity contribution in [1.82, 2.24) is 10.3 Å². The number of nitriles is 1. The summed E-state index contributed by atoms with van der Waals surface area (Å²) in [7, 11) is -2.73. The zero-order valence-corrected chi connectivity index (χ0v) is 21.0. The lowest BCUT2D eigenvalue weighted by Gasteiger charge is -2.26. The predicted octanol–water partition coefficient (Wildman–Crippen LogP) is 2.67. The summed E-state index contributed by atoms with van der Waals surface area (Å²) in [5.74, 6) is 2.92. The first-order chi connectivity index (χ1) is 17.1. The van der Waals surface area contributed by atoms with Crippen LogP contribution in [0.1, 0.15) is 27.2 Å². The number of carbonyl (C=O) groups excluding carboxylic acids is 2. The molecule has 0 aliphatic carbocycles. The number of nitrogens with one attached hydrogen (secondary N) is 1. The molecule has 186 valence electrons. The van der Waals surface area contributed by atoms with E-state index in [1.54, 1.807) is 46.9 Å². The van der Waals surface area contributed by atoms with Gasteiger partial charge < -0.3 is 15.8 Å². The third-order valence-corrected chi connectivity index (χ3v) is 6.43. The standard InChI is InChI=1S/C25H24ClN5O4S/c1-36(2,34)31(15-21-5-3-4-8-29-21)22-11-19(10-20(26)12-22)25(33)30-14-18-7-6-17(13-27)9-23(18)35-16-24(28)32/h3-12H,1,14-16H2,2H3,(H2,28,32)(H,30,33). The first-order valence-electron chi connectivity index (χ1n) is 10.6. The van der Waals surface area contributed by atoms with Gasteiger partial charge in [-0.25, -0.2) is 4.21 Å². The molecule has 0 saturated heterocycles. The van der Waals surface area contributed by atoms with Crippen LogP contribution >= 0.6 is 11.6 Å². The number of halogens is 1. The quantitative estimate of drug-likeness (QED) is 0.390. The van der Waals surface area contributed by atoms with E-state index in [4.69, 9.17) is 27.3 Å². The maximum atomic E-state index is 13.0. The molecule has 0 aliphatic heterocycles. The van der Waals surface area contributed by atoms with E-state index in [9.17, 15) is 13.8 Å². The maximum Gasteiger partial charge on any atom is 0.255 e. The zero-order chi connectivity index (χ0) is 26.3. The number of benzene rings is 2. The summed E-state index contributed by atoms with van der Waals surface area (Å²) in [5, 5.41) is 12.2. The fraction of sp³-hybridized carbons (Fsp3) is 0.160. The van der Waals surface area contributed by atoms with E-state index in [0.29, 0.717) is 22.5 Å². The van der Waals surface area contributed by atoms with Crippen LogP contribution in [0.5, 0.6) is 5.75 Å². The summed E-state index contributed by atoms with van der Waals surface area (Å²) in [6.07, 6.45) is 3.13. The molecule has 0 saturated carbocycles. The highest BCUT2D eigenvalue weighted by molar-refractivity contribution is 8.00. The number of aromatic nitrogens is 1. The molecule has 1 heterocycles. The van der Waals surface area contributed by atoms with Crippen LogP contribution in [-0.2, 0) is 27.6 Å². The lowest BCUT2D eigenvalue weighted by atomic mass is 10.1. The molecule has 3 N–H and O–H groups in total. The second kappa shape index (κ2) is 11.6. The number of hydrogen-bond donors (Lipinski definition) is 2. The Morgan fingerprint density at radius 1 is 1.25 bits per heavy atom. The van der Waals surface area contributed by atoms with Gasteiger partial charge in [0.1, 0.15) is 5.75 Å². The van der Waals surface area contributed by atoms with Crippen molar-refractivity contribution in [3.63, 3.8) is 0 Å². The lowest BCUT2D eigenvalue weighted by Crippen LogP contribution is -2.30. The molecule has 1 aromatic heterocycles. The van der Waals surface area contributed by atoms with Gasteiger partial charge in [0.2, 0.25) is 0 Å². The number of rotatable bonds is 10. The van der Waals surface area contributed by atoms with Crippen molar-refractivity contribution in [3.05, 3.63) is 88.2 Å². The van der Waals surface area contributed by atoms with Crippen molar-refractivity contribution in [2.75, 3.05) is 17.2 Å². The van der Waals surface area contributed by atoms with Gasteiger partial charge in [0.25, 0.3) is 11.8 Å². The Morgan fingerprint density at radius 2 is 2.03 bits per heavy atom. The Bertz CT molecular complexity index is 1420. The van der Waals surface area contributed by atoms with E-state index in [2.05, 4.69) is 16.2 Å². The maximum absolute atomic E-state index is 13.0. The summed E-state index contributed by atoms with van der Waals surface area (Å²) < 4.78 is 19.9. The smallest absolute Gasteiger partial charge is 0.255 e. The van der Waals surface area contributed by atoms with E-state index < -0.39 is 21.5 Å². The van der Waals surface area contributed by atoms with Crippen molar-refractivity contribution >= 4 is 44.7 Å². The average molecular weight is 526 g/mol. The summed E-state index contributed by atoms with van der Waals surface area (Å²) in [6, 6.07) is 16.7. The van der Waals surface area contributed by atoms with Gasteiger partial charge in [-0.2, -0.15) is 5.26 Å². The van der Waals surface area contributed by atoms with Gasteiger partial charge in [0, 0.05) is 44.9 Å². The molecule has 1 atom stereocenters. The monoisotopic (exact) mass is 525 g/mol. The second-order valence-electron chi connectivity index (χ2n) is 7.89. The minimum Gasteiger partial charge on any atom is -0.483 e. The largest absolute Gasteiger partial charge is 0.483 e. The predicted molar refractivity (Wildman–Crippen MR) is 140 cm³/mol. The number of hydrogen-bond acceptors (Lipinski definition) is 6. The summed E-state index contributed by atoms with van der Waals surface area (Å²) in [5.41, 5.74) is 7.37. The van der Waals surface area contributed by atoms with Crippen LogP contribution in [0.15, 0.2) is 60.8 Å². The lowest BCUT2D eigenvalue weighted by molar-refractivity contribution is -0.119. The van der Waals surface area contributed by atoms with Crippen LogP contribution in [0, 0.1) is 11.3 Å². The molecule has 0 radical (unpaired) electrons. The highest BCUT2D eigenvalue weighted by Gasteiger charge is 2.18. The molecule has 3 rings (SSSR count). The number of anilines is 1. The number of nitrogens with zero attached hydrogens (tertiary/aromatic N) is 3. The molecule has 2 amide bonds. The van der Waals surface area contributed by atoms with E-state index in [1.165, 1.54) is 18.4 Å². The van der Waals surface area contributed by atoms with Crippen molar-refractivity contribution in [2.24, 2.45) is 5.73 Å². The molecule has 9 nitrogen and oxygen atoms in total. The highest BCUT2D eigenvalue weighted by Crippen LogP contribution is 2.26. The zero-order valence-electron chi connectivity index (χ0n) is 19.4. The van der Waals surface area contributed by atoms with Crippen LogP contribution in [0.2, 0.25) is 5.02 Å². The number of ether oxygens (including phenoxy) is 1. The number of primary amides is 1. The minimum atomic E-state index is -2.73. The van der Waals surface area contributed by atoms with Gasteiger partial charge >= 0.3 is 0 Å². The van der Waals surface area contributed by atoms with Crippen LogP contribution in [-0.4, -0.2) is 39.7 Å². The first-order valence-corrected chi connectivity index (χ1v) is 13.1. The van der Waals surface area contributed by atoms with Crippen LogP contribution in [0.3, 0.4) is 0 Å². The van der Waals surface area contributed by atoms with E-state index in [1.807, 2.05) is 12.1 Å². The highest BCUT2D eigenvalue weighted by atomic mass is 35.5. The molecular weight excluding hydrogens is 502 g/mol. The molecular formula is C25H24ClN5O4S. The number of amides is 2. The summed E-state index contributed by atoms with van der Waals surface area (Å²) in [4.78, 5) is 28.4. The summed E-state index contributed by atoms with van der Waals surface area (Å²) >= 11 is 6.31. The Balaban J connectivity index is 1.84. The molecule has 0 bridgehead atoms. The minimum absolute atomic E-state index is 0.0397. The fourth-order valence-corrected chi connectivity index (χ4v) is 4.46. The molecule has 36 heavy (non-hydrogen) atoms. The normalized spacial score (nSPS) is 12.1.